The van der Waals surface area contributed by atoms with Crippen LogP contribution >= 0.6 is 22.9 Å². The summed E-state index contributed by atoms with van der Waals surface area (Å²) in [7, 11) is 0. The van der Waals surface area contributed by atoms with Gasteiger partial charge >= 0.3 is 6.18 Å². The lowest BCUT2D eigenvalue weighted by atomic mass is 10.1. The van der Waals surface area contributed by atoms with Gasteiger partial charge in [0, 0.05) is 17.5 Å². The molecule has 0 aliphatic carbocycles. The maximum atomic E-state index is 13.2. The van der Waals surface area contributed by atoms with E-state index in [1.807, 2.05) is 6.92 Å². The van der Waals surface area contributed by atoms with Crippen molar-refractivity contribution in [1.82, 2.24) is 34.3 Å². The molecule has 12 heteroatoms. The third kappa shape index (κ3) is 3.08. The Balaban J connectivity index is 1.64. The molecule has 1 unspecified atom stereocenters. The van der Waals surface area contributed by atoms with E-state index < -0.39 is 11.9 Å². The van der Waals surface area contributed by atoms with E-state index in [1.54, 1.807) is 28.5 Å². The highest BCUT2D eigenvalue weighted by atomic mass is 35.5. The van der Waals surface area contributed by atoms with Crippen LogP contribution in [0.25, 0.3) is 26.1 Å². The zero-order valence-corrected chi connectivity index (χ0v) is 17.2. The zero-order valence-electron chi connectivity index (χ0n) is 15.6. The summed E-state index contributed by atoms with van der Waals surface area (Å²) in [6, 6.07) is 1.05. The van der Waals surface area contributed by atoms with Gasteiger partial charge in [-0.25, -0.2) is 19.5 Å². The highest BCUT2D eigenvalue weighted by molar-refractivity contribution is 7.26. The topological polar surface area (TPSA) is 73.8 Å². The molecule has 0 spiro atoms. The summed E-state index contributed by atoms with van der Waals surface area (Å²) < 4.78 is 43.4. The van der Waals surface area contributed by atoms with E-state index in [0.29, 0.717) is 44.2 Å². The minimum absolute atomic E-state index is 0.0676. The number of pyridine rings is 1. The molecule has 0 N–H and O–H groups in total. The number of nitrogens with zero attached hydrogens (tertiary/aromatic N) is 7. The zero-order chi connectivity index (χ0) is 21.2. The molecule has 0 saturated heterocycles. The summed E-state index contributed by atoms with van der Waals surface area (Å²) in [6.07, 6.45) is 0.284. The molecule has 0 amide bonds. The van der Waals surface area contributed by atoms with Gasteiger partial charge in [0.1, 0.15) is 21.6 Å². The van der Waals surface area contributed by atoms with Gasteiger partial charge in [-0.3, -0.25) is 4.68 Å². The van der Waals surface area contributed by atoms with Crippen LogP contribution in [-0.2, 0) is 12.7 Å². The smallest absolute Gasteiger partial charge is 0.270 e. The Morgan fingerprint density at radius 3 is 2.77 bits per heavy atom. The maximum Gasteiger partial charge on any atom is 0.433 e. The average Bonchev–Trinajstić information content (AvgIpc) is 3.36. The lowest BCUT2D eigenvalue weighted by Gasteiger charge is -2.06. The van der Waals surface area contributed by atoms with Crippen molar-refractivity contribution in [2.45, 2.75) is 32.5 Å². The molecule has 1 atom stereocenters. The first kappa shape index (κ1) is 19.2. The lowest BCUT2D eigenvalue weighted by Crippen LogP contribution is -2.08. The molecule has 0 fully saturated rings. The van der Waals surface area contributed by atoms with E-state index in [4.69, 9.17) is 11.6 Å². The molecular formula is C18H13ClF3N7S. The molecule has 0 aromatic carbocycles. The molecule has 5 heterocycles. The Hall–Kier alpha value is -2.79. The number of rotatable bonds is 3. The molecule has 0 aliphatic rings. The second-order valence-electron chi connectivity index (χ2n) is 7.05. The third-order valence-corrected chi connectivity index (χ3v) is 6.04. The normalized spacial score (nSPS) is 13.7. The van der Waals surface area contributed by atoms with Crippen LogP contribution in [0, 0.1) is 6.92 Å². The van der Waals surface area contributed by atoms with E-state index in [-0.39, 0.29) is 10.7 Å². The molecule has 0 radical (unpaired) electrons. The van der Waals surface area contributed by atoms with Crippen LogP contribution < -0.4 is 0 Å². The highest BCUT2D eigenvalue weighted by Crippen LogP contribution is 2.38. The van der Waals surface area contributed by atoms with E-state index in [1.165, 1.54) is 6.33 Å². The monoisotopic (exact) mass is 451 g/mol. The average molecular weight is 452 g/mol. The van der Waals surface area contributed by atoms with Crippen molar-refractivity contribution in [3.63, 3.8) is 0 Å². The molecule has 0 bridgehead atoms. The minimum atomic E-state index is -4.51. The molecule has 5 aromatic heterocycles. The van der Waals surface area contributed by atoms with Gasteiger partial charge in [0.25, 0.3) is 0 Å². The number of aryl methyl sites for hydroxylation is 1. The summed E-state index contributed by atoms with van der Waals surface area (Å²) in [4.78, 5) is 13.2. The molecule has 0 saturated carbocycles. The predicted octanol–water partition coefficient (Wildman–Crippen LogP) is 4.87. The molecular weight excluding hydrogens is 439 g/mol. The van der Waals surface area contributed by atoms with Crippen LogP contribution in [0.2, 0.25) is 5.02 Å². The third-order valence-electron chi connectivity index (χ3n) is 4.77. The number of fused-ring (bicyclic) bond motifs is 5. The quantitative estimate of drug-likeness (QED) is 0.391. The SMILES string of the molecule is Cc1cc(C(F)(F)F)nc2sc3c(ncn4nc(C(C)Cn5cc(Cl)cn5)nc34)c12. The van der Waals surface area contributed by atoms with Crippen LogP contribution in [0.4, 0.5) is 13.2 Å². The Kier molecular flexibility index (Phi) is 4.23. The van der Waals surface area contributed by atoms with Crippen molar-refractivity contribution in [3.05, 3.63) is 46.9 Å². The molecule has 30 heavy (non-hydrogen) atoms. The van der Waals surface area contributed by atoms with Gasteiger partial charge in [0.05, 0.1) is 23.3 Å². The van der Waals surface area contributed by atoms with Gasteiger partial charge in [-0.15, -0.1) is 16.4 Å². The van der Waals surface area contributed by atoms with Gasteiger partial charge < -0.3 is 0 Å². The van der Waals surface area contributed by atoms with Gasteiger partial charge in [0.2, 0.25) is 0 Å². The molecule has 5 rings (SSSR count). The largest absolute Gasteiger partial charge is 0.433 e. The Labute approximate surface area is 176 Å². The van der Waals surface area contributed by atoms with Crippen molar-refractivity contribution in [2.75, 3.05) is 0 Å². The highest BCUT2D eigenvalue weighted by Gasteiger charge is 2.33. The molecule has 154 valence electrons. The van der Waals surface area contributed by atoms with Crippen LogP contribution in [-0.4, -0.2) is 34.3 Å². The van der Waals surface area contributed by atoms with Crippen molar-refractivity contribution in [1.29, 1.82) is 0 Å². The fraction of sp³-hybridized carbons (Fsp3) is 0.278. The summed E-state index contributed by atoms with van der Waals surface area (Å²) >= 11 is 7.04. The van der Waals surface area contributed by atoms with E-state index in [0.717, 1.165) is 17.4 Å². The van der Waals surface area contributed by atoms with Crippen LogP contribution in [0.3, 0.4) is 0 Å². The van der Waals surface area contributed by atoms with Gasteiger partial charge in [-0.05, 0) is 18.6 Å². The maximum absolute atomic E-state index is 13.2. The van der Waals surface area contributed by atoms with Gasteiger partial charge in [-0.1, -0.05) is 18.5 Å². The van der Waals surface area contributed by atoms with Crippen molar-refractivity contribution in [2.24, 2.45) is 0 Å². The second kappa shape index (κ2) is 6.61. The van der Waals surface area contributed by atoms with Crippen LogP contribution in [0.5, 0.6) is 0 Å². The minimum Gasteiger partial charge on any atom is -0.270 e. The number of hydrogen-bond acceptors (Lipinski definition) is 6. The van der Waals surface area contributed by atoms with Crippen molar-refractivity contribution >= 4 is 49.0 Å². The predicted molar refractivity (Wildman–Crippen MR) is 107 cm³/mol. The number of thiophene rings is 1. The summed E-state index contributed by atoms with van der Waals surface area (Å²) in [5, 5.41) is 9.80. The standard InChI is InChI=1S/C18H13ClF3N7S/c1-8-3-11(18(20,21)22)25-17-12(8)13-14(30-17)16-26-15(27-29(16)7-23-13)9(2)5-28-6-10(19)4-24-28/h3-4,6-7,9H,5H2,1-2H3. The summed E-state index contributed by atoms with van der Waals surface area (Å²) in [5.41, 5.74) is 0.672. The summed E-state index contributed by atoms with van der Waals surface area (Å²) in [5.74, 6) is 0.510. The van der Waals surface area contributed by atoms with Crippen LogP contribution in [0.15, 0.2) is 24.8 Å². The van der Waals surface area contributed by atoms with E-state index >= 15 is 0 Å². The fourth-order valence-electron chi connectivity index (χ4n) is 3.38. The van der Waals surface area contributed by atoms with Gasteiger partial charge in [-0.2, -0.15) is 18.3 Å². The van der Waals surface area contributed by atoms with Crippen molar-refractivity contribution < 1.29 is 13.2 Å². The first-order valence-corrected chi connectivity index (χ1v) is 10.1. The number of halogens is 4. The Morgan fingerprint density at radius 1 is 1.27 bits per heavy atom. The van der Waals surface area contributed by atoms with Crippen LogP contribution in [0.1, 0.15) is 29.9 Å². The second-order valence-corrected chi connectivity index (χ2v) is 8.48. The summed E-state index contributed by atoms with van der Waals surface area (Å²) in [6.45, 7) is 4.12. The van der Waals surface area contributed by atoms with Crippen molar-refractivity contribution in [3.8, 4) is 0 Å². The first-order valence-electron chi connectivity index (χ1n) is 8.91. The fourth-order valence-corrected chi connectivity index (χ4v) is 4.72. The number of aromatic nitrogens is 7. The Bertz CT molecular complexity index is 1420. The number of alkyl halides is 3. The molecule has 0 aliphatic heterocycles. The van der Waals surface area contributed by atoms with Gasteiger partial charge in [0.15, 0.2) is 11.5 Å². The number of hydrogen-bond donors (Lipinski definition) is 0. The lowest BCUT2D eigenvalue weighted by molar-refractivity contribution is -0.141. The first-order chi connectivity index (χ1) is 14.2. The Morgan fingerprint density at radius 2 is 2.07 bits per heavy atom. The van der Waals surface area contributed by atoms with E-state index in [2.05, 4.69) is 25.1 Å². The molecule has 5 aromatic rings. The van der Waals surface area contributed by atoms with E-state index in [9.17, 15) is 13.2 Å². The molecule has 7 nitrogen and oxygen atoms in total.